The highest BCUT2D eigenvalue weighted by molar-refractivity contribution is 5.79. The molecule has 0 spiro atoms. The molecule has 1 atom stereocenters. The SMILES string of the molecule is O=C1CN(Cc2cn(C3CCN(C(=O)[C@H]4CC=CCC4)CC3)nn2)CCN1. The number of aromatic nitrogens is 3. The molecule has 0 bridgehead atoms. The van der Waals surface area contributed by atoms with E-state index < -0.39 is 0 Å². The van der Waals surface area contributed by atoms with Gasteiger partial charge in [0, 0.05) is 38.6 Å². The maximum Gasteiger partial charge on any atom is 0.234 e. The van der Waals surface area contributed by atoms with Crippen LogP contribution < -0.4 is 5.32 Å². The molecule has 1 N–H and O–H groups in total. The second-order valence-corrected chi connectivity index (χ2v) is 7.79. The number of rotatable bonds is 4. The number of nitrogens with one attached hydrogen (secondary N) is 1. The lowest BCUT2D eigenvalue weighted by Gasteiger charge is -2.34. The van der Waals surface area contributed by atoms with E-state index in [-0.39, 0.29) is 11.8 Å². The van der Waals surface area contributed by atoms with Crippen molar-refractivity contribution in [3.8, 4) is 0 Å². The molecule has 2 amide bonds. The minimum absolute atomic E-state index is 0.0686. The lowest BCUT2D eigenvalue weighted by molar-refractivity contribution is -0.137. The van der Waals surface area contributed by atoms with Crippen LogP contribution in [0.3, 0.4) is 0 Å². The molecule has 0 radical (unpaired) electrons. The zero-order valence-corrected chi connectivity index (χ0v) is 15.7. The number of piperidine rings is 1. The van der Waals surface area contributed by atoms with E-state index >= 15 is 0 Å². The van der Waals surface area contributed by atoms with Crippen LogP contribution in [0.1, 0.15) is 43.8 Å². The smallest absolute Gasteiger partial charge is 0.234 e. The van der Waals surface area contributed by atoms with Crippen molar-refractivity contribution in [2.75, 3.05) is 32.7 Å². The maximum absolute atomic E-state index is 12.7. The van der Waals surface area contributed by atoms with Crippen LogP contribution in [-0.4, -0.2) is 69.3 Å². The van der Waals surface area contributed by atoms with Gasteiger partial charge in [-0.25, -0.2) is 4.68 Å². The first-order valence-corrected chi connectivity index (χ1v) is 10.0. The van der Waals surface area contributed by atoms with Gasteiger partial charge in [-0.15, -0.1) is 5.10 Å². The van der Waals surface area contributed by atoms with Gasteiger partial charge in [0.1, 0.15) is 0 Å². The fourth-order valence-corrected chi connectivity index (χ4v) is 4.25. The summed E-state index contributed by atoms with van der Waals surface area (Å²) >= 11 is 0. The van der Waals surface area contributed by atoms with Gasteiger partial charge in [-0.05, 0) is 32.1 Å². The van der Waals surface area contributed by atoms with Crippen molar-refractivity contribution in [2.45, 2.75) is 44.7 Å². The number of piperazine rings is 1. The van der Waals surface area contributed by atoms with Gasteiger partial charge in [0.25, 0.3) is 0 Å². The number of hydrogen-bond donors (Lipinski definition) is 1. The van der Waals surface area contributed by atoms with Gasteiger partial charge in [-0.2, -0.15) is 0 Å². The zero-order chi connectivity index (χ0) is 18.6. The first-order valence-electron chi connectivity index (χ1n) is 10.0. The van der Waals surface area contributed by atoms with Crippen molar-refractivity contribution < 1.29 is 9.59 Å². The second-order valence-electron chi connectivity index (χ2n) is 7.79. The van der Waals surface area contributed by atoms with Gasteiger partial charge in [-0.1, -0.05) is 17.4 Å². The maximum atomic E-state index is 12.7. The fourth-order valence-electron chi connectivity index (χ4n) is 4.25. The Morgan fingerprint density at radius 1 is 1.19 bits per heavy atom. The Labute approximate surface area is 159 Å². The van der Waals surface area contributed by atoms with Gasteiger partial charge >= 0.3 is 0 Å². The zero-order valence-electron chi connectivity index (χ0n) is 15.7. The van der Waals surface area contributed by atoms with Crippen LogP contribution in [0.15, 0.2) is 18.3 Å². The summed E-state index contributed by atoms with van der Waals surface area (Å²) in [6.45, 7) is 4.20. The third-order valence-corrected chi connectivity index (χ3v) is 5.83. The number of carbonyl (C=O) groups excluding carboxylic acids is 2. The summed E-state index contributed by atoms with van der Waals surface area (Å²) in [6, 6.07) is 0.297. The summed E-state index contributed by atoms with van der Waals surface area (Å²) in [5.74, 6) is 0.561. The van der Waals surface area contributed by atoms with E-state index in [1.54, 1.807) is 0 Å². The van der Waals surface area contributed by atoms with Gasteiger partial charge in [0.15, 0.2) is 0 Å². The molecular weight excluding hydrogens is 344 g/mol. The van der Waals surface area contributed by atoms with Crippen molar-refractivity contribution in [3.05, 3.63) is 24.0 Å². The Bertz CT molecular complexity index is 707. The quantitative estimate of drug-likeness (QED) is 0.788. The Balaban J connectivity index is 1.28. The van der Waals surface area contributed by atoms with Crippen molar-refractivity contribution in [1.29, 1.82) is 0 Å². The predicted octanol–water partition coefficient (Wildman–Crippen LogP) is 0.730. The molecule has 8 nitrogen and oxygen atoms in total. The Hall–Kier alpha value is -2.22. The standard InChI is InChI=1S/C19H28N6O2/c26-18-14-23(11-8-20-18)12-16-13-25(22-21-16)17-6-9-24(10-7-17)19(27)15-4-2-1-3-5-15/h1-2,13,15,17H,3-12,14H2,(H,20,26)/t15-/m0/s1. The number of hydrogen-bond acceptors (Lipinski definition) is 5. The molecule has 2 saturated heterocycles. The molecule has 2 fully saturated rings. The first-order chi connectivity index (χ1) is 13.2. The number of carbonyl (C=O) groups is 2. The van der Waals surface area contributed by atoms with Crippen LogP contribution in [-0.2, 0) is 16.1 Å². The molecule has 0 aromatic carbocycles. The molecule has 1 aromatic rings. The number of nitrogens with zero attached hydrogens (tertiary/aromatic N) is 5. The van der Waals surface area contributed by atoms with Crippen LogP contribution in [0.4, 0.5) is 0 Å². The summed E-state index contributed by atoms with van der Waals surface area (Å²) in [5.41, 5.74) is 0.900. The topological polar surface area (TPSA) is 83.4 Å². The number of amides is 2. The summed E-state index contributed by atoms with van der Waals surface area (Å²) in [4.78, 5) is 28.3. The summed E-state index contributed by atoms with van der Waals surface area (Å²) in [6.07, 6.45) is 11.0. The number of allylic oxidation sites excluding steroid dienone is 2. The van der Waals surface area contributed by atoms with Crippen LogP contribution in [0, 0.1) is 5.92 Å². The molecule has 0 unspecified atom stereocenters. The third kappa shape index (κ3) is 4.37. The lowest BCUT2D eigenvalue weighted by Crippen LogP contribution is -2.47. The molecular formula is C19H28N6O2. The molecule has 27 heavy (non-hydrogen) atoms. The van der Waals surface area contributed by atoms with E-state index in [0.29, 0.717) is 31.6 Å². The van der Waals surface area contributed by atoms with E-state index in [2.05, 4.69) is 32.7 Å². The van der Waals surface area contributed by atoms with E-state index in [0.717, 1.165) is 57.4 Å². The van der Waals surface area contributed by atoms with Gasteiger partial charge in [-0.3, -0.25) is 14.5 Å². The summed E-state index contributed by atoms with van der Waals surface area (Å²) in [5, 5.41) is 11.4. The predicted molar refractivity (Wildman–Crippen MR) is 99.6 cm³/mol. The van der Waals surface area contributed by atoms with Crippen LogP contribution >= 0.6 is 0 Å². The monoisotopic (exact) mass is 372 g/mol. The van der Waals surface area contributed by atoms with E-state index in [1.807, 2.05) is 15.8 Å². The van der Waals surface area contributed by atoms with Crippen molar-refractivity contribution >= 4 is 11.8 Å². The van der Waals surface area contributed by atoms with Gasteiger partial charge < -0.3 is 10.2 Å². The molecule has 3 aliphatic rings. The summed E-state index contributed by atoms with van der Waals surface area (Å²) < 4.78 is 1.95. The number of likely N-dealkylation sites (tertiary alicyclic amines) is 1. The average Bonchev–Trinajstić information content (AvgIpc) is 3.17. The highest BCUT2D eigenvalue weighted by atomic mass is 16.2. The molecule has 4 rings (SSSR count). The van der Waals surface area contributed by atoms with Crippen LogP contribution in [0.2, 0.25) is 0 Å². The van der Waals surface area contributed by atoms with E-state index in [4.69, 9.17) is 0 Å². The molecule has 3 heterocycles. The van der Waals surface area contributed by atoms with Gasteiger partial charge in [0.05, 0.1) is 24.5 Å². The first kappa shape index (κ1) is 18.2. The highest BCUT2D eigenvalue weighted by Gasteiger charge is 2.29. The molecule has 146 valence electrons. The minimum atomic E-state index is 0.0686. The molecule has 1 aromatic heterocycles. The lowest BCUT2D eigenvalue weighted by atomic mass is 9.92. The molecule has 8 heteroatoms. The second kappa shape index (κ2) is 8.21. The molecule has 0 saturated carbocycles. The van der Waals surface area contributed by atoms with Crippen molar-refractivity contribution in [1.82, 2.24) is 30.1 Å². The Morgan fingerprint density at radius 2 is 2.04 bits per heavy atom. The van der Waals surface area contributed by atoms with E-state index in [1.165, 1.54) is 0 Å². The average molecular weight is 372 g/mol. The summed E-state index contributed by atoms with van der Waals surface area (Å²) in [7, 11) is 0. The van der Waals surface area contributed by atoms with Gasteiger partial charge in [0.2, 0.25) is 11.8 Å². The molecule has 1 aliphatic carbocycles. The van der Waals surface area contributed by atoms with Crippen molar-refractivity contribution in [3.63, 3.8) is 0 Å². The largest absolute Gasteiger partial charge is 0.354 e. The normalized spacial score (nSPS) is 24.8. The van der Waals surface area contributed by atoms with Crippen LogP contribution in [0.5, 0.6) is 0 Å². The third-order valence-electron chi connectivity index (χ3n) is 5.83. The molecule has 2 aliphatic heterocycles. The fraction of sp³-hybridized carbons (Fsp3) is 0.684. The highest BCUT2D eigenvalue weighted by Crippen LogP contribution is 2.26. The van der Waals surface area contributed by atoms with Crippen molar-refractivity contribution in [2.24, 2.45) is 5.92 Å². The Morgan fingerprint density at radius 3 is 2.78 bits per heavy atom. The van der Waals surface area contributed by atoms with E-state index in [9.17, 15) is 9.59 Å². The Kier molecular flexibility index (Phi) is 5.52. The van der Waals surface area contributed by atoms with Crippen LogP contribution in [0.25, 0.3) is 0 Å². The minimum Gasteiger partial charge on any atom is -0.354 e.